The second-order valence-corrected chi connectivity index (χ2v) is 6.91. The van der Waals surface area contributed by atoms with Crippen molar-refractivity contribution in [3.8, 4) is 11.5 Å². The number of amides is 1. The lowest BCUT2D eigenvalue weighted by Crippen LogP contribution is -2.32. The molecule has 1 unspecified atom stereocenters. The molecule has 1 amide bonds. The van der Waals surface area contributed by atoms with Crippen LogP contribution in [0.2, 0.25) is 0 Å². The van der Waals surface area contributed by atoms with Crippen molar-refractivity contribution >= 4 is 5.91 Å². The van der Waals surface area contributed by atoms with E-state index in [1.807, 2.05) is 0 Å². The number of halogens is 3. The zero-order valence-corrected chi connectivity index (χ0v) is 17.2. The van der Waals surface area contributed by atoms with Gasteiger partial charge in [0.15, 0.2) is 0 Å². The van der Waals surface area contributed by atoms with Gasteiger partial charge in [-0.1, -0.05) is 12.1 Å². The molecule has 0 radical (unpaired) electrons. The highest BCUT2D eigenvalue weighted by molar-refractivity contribution is 5.79. The topological polar surface area (TPSA) is 65.4 Å². The number of rotatable bonds is 7. The number of alkyl halides is 3. The normalized spacial score (nSPS) is 12.3. The van der Waals surface area contributed by atoms with Crippen molar-refractivity contribution in [3.63, 3.8) is 0 Å². The third-order valence-corrected chi connectivity index (χ3v) is 4.78. The fourth-order valence-corrected chi connectivity index (χ4v) is 3.16. The van der Waals surface area contributed by atoms with Crippen molar-refractivity contribution in [2.24, 2.45) is 7.05 Å². The smallest absolute Gasteiger partial charge is 0.416 e. The molecule has 3 aromatic rings. The fraction of sp³-hybridized carbons (Fsp3) is 0.273. The molecule has 0 aliphatic rings. The van der Waals surface area contributed by atoms with Gasteiger partial charge >= 0.3 is 6.18 Å². The van der Waals surface area contributed by atoms with E-state index in [0.717, 1.165) is 12.1 Å². The Hall–Kier alpha value is -3.49. The number of carbonyl (C=O) groups is 1. The molecule has 0 saturated heterocycles. The zero-order chi connectivity index (χ0) is 22.6. The van der Waals surface area contributed by atoms with Crippen LogP contribution in [0.15, 0.2) is 54.9 Å². The molecule has 1 heterocycles. The molecule has 3 rings (SSSR count). The highest BCUT2D eigenvalue weighted by atomic mass is 19.4. The highest BCUT2D eigenvalue weighted by Gasteiger charge is 2.30. The average molecular weight is 433 g/mol. The summed E-state index contributed by atoms with van der Waals surface area (Å²) in [4.78, 5) is 17.1. The van der Waals surface area contributed by atoms with Crippen molar-refractivity contribution in [2.75, 3.05) is 14.2 Å². The molecule has 31 heavy (non-hydrogen) atoms. The van der Waals surface area contributed by atoms with Crippen molar-refractivity contribution in [1.29, 1.82) is 0 Å². The summed E-state index contributed by atoms with van der Waals surface area (Å²) in [7, 11) is 4.85. The molecule has 1 aromatic heterocycles. The molecule has 1 atom stereocenters. The predicted octanol–water partition coefficient (Wildman–Crippen LogP) is 3.90. The monoisotopic (exact) mass is 433 g/mol. The first-order valence-corrected chi connectivity index (χ1v) is 9.37. The van der Waals surface area contributed by atoms with Gasteiger partial charge < -0.3 is 19.4 Å². The van der Waals surface area contributed by atoms with Crippen molar-refractivity contribution in [3.05, 3.63) is 77.4 Å². The number of aryl methyl sites for hydroxylation is 1. The summed E-state index contributed by atoms with van der Waals surface area (Å²) >= 11 is 0. The summed E-state index contributed by atoms with van der Waals surface area (Å²) in [5.41, 5.74) is 0.393. The number of benzene rings is 2. The number of hydrogen-bond acceptors (Lipinski definition) is 4. The SMILES string of the molecule is COc1cc(OC)cc(C(NC(=O)Cc2ccc(C(F)(F)F)cc2)c2nccn2C)c1. The molecule has 0 aliphatic carbocycles. The fourth-order valence-electron chi connectivity index (χ4n) is 3.16. The van der Waals surface area contributed by atoms with E-state index < -0.39 is 17.8 Å². The molecule has 0 aliphatic heterocycles. The molecule has 2 aromatic carbocycles. The summed E-state index contributed by atoms with van der Waals surface area (Å²) in [6, 6.07) is 9.14. The molecule has 164 valence electrons. The molecule has 6 nitrogen and oxygen atoms in total. The molecule has 9 heteroatoms. The van der Waals surface area contributed by atoms with E-state index in [0.29, 0.717) is 28.5 Å². The van der Waals surface area contributed by atoms with Crippen LogP contribution < -0.4 is 14.8 Å². The number of aromatic nitrogens is 2. The van der Waals surface area contributed by atoms with E-state index in [-0.39, 0.29) is 12.3 Å². The Balaban J connectivity index is 1.86. The van der Waals surface area contributed by atoms with E-state index in [1.54, 1.807) is 42.2 Å². The van der Waals surface area contributed by atoms with Crippen LogP contribution in [-0.2, 0) is 24.4 Å². The van der Waals surface area contributed by atoms with E-state index >= 15 is 0 Å². The van der Waals surface area contributed by atoms with E-state index in [1.165, 1.54) is 26.4 Å². The van der Waals surface area contributed by atoms with Crippen LogP contribution in [0.4, 0.5) is 13.2 Å². The highest BCUT2D eigenvalue weighted by Crippen LogP contribution is 2.30. The quantitative estimate of drug-likeness (QED) is 0.614. The zero-order valence-electron chi connectivity index (χ0n) is 17.2. The van der Waals surface area contributed by atoms with Gasteiger partial charge in [-0.3, -0.25) is 4.79 Å². The largest absolute Gasteiger partial charge is 0.497 e. The number of nitrogens with one attached hydrogen (secondary N) is 1. The standard InChI is InChI=1S/C22H22F3N3O3/c1-28-9-8-26-21(28)20(15-11-17(30-2)13-18(12-15)31-3)27-19(29)10-14-4-6-16(7-5-14)22(23,24)25/h4-9,11-13,20H,10H2,1-3H3,(H,27,29). The number of imidazole rings is 1. The molecular formula is C22H22F3N3O3. The lowest BCUT2D eigenvalue weighted by Gasteiger charge is -2.20. The lowest BCUT2D eigenvalue weighted by atomic mass is 10.0. The number of ether oxygens (including phenoxy) is 2. The number of nitrogens with zero attached hydrogens (tertiary/aromatic N) is 2. The summed E-state index contributed by atoms with van der Waals surface area (Å²) < 4.78 is 50.7. The van der Waals surface area contributed by atoms with Crippen LogP contribution in [0.3, 0.4) is 0 Å². The third kappa shape index (κ3) is 5.36. The third-order valence-electron chi connectivity index (χ3n) is 4.78. The Morgan fingerprint density at radius 2 is 1.71 bits per heavy atom. The van der Waals surface area contributed by atoms with Gasteiger partial charge in [0.05, 0.1) is 26.2 Å². The van der Waals surface area contributed by atoms with Gasteiger partial charge in [-0.25, -0.2) is 4.98 Å². The molecule has 0 bridgehead atoms. The van der Waals surface area contributed by atoms with Crippen LogP contribution in [-0.4, -0.2) is 29.7 Å². The van der Waals surface area contributed by atoms with Gasteiger partial charge in [0.2, 0.25) is 5.91 Å². The molecule has 0 saturated carbocycles. The Labute approximate surface area is 177 Å². The first-order chi connectivity index (χ1) is 14.7. The van der Waals surface area contributed by atoms with E-state index in [2.05, 4.69) is 10.3 Å². The van der Waals surface area contributed by atoms with Gasteiger partial charge in [-0.15, -0.1) is 0 Å². The van der Waals surface area contributed by atoms with Crippen molar-refractivity contribution < 1.29 is 27.4 Å². The van der Waals surface area contributed by atoms with Crippen LogP contribution in [0.1, 0.15) is 28.6 Å². The Morgan fingerprint density at radius 1 is 1.10 bits per heavy atom. The Kier molecular flexibility index (Phi) is 6.53. The molecule has 1 N–H and O–H groups in total. The first kappa shape index (κ1) is 22.2. The summed E-state index contributed by atoms with van der Waals surface area (Å²) in [5.74, 6) is 1.31. The first-order valence-electron chi connectivity index (χ1n) is 9.37. The van der Waals surface area contributed by atoms with Gasteiger partial charge in [-0.05, 0) is 35.4 Å². The van der Waals surface area contributed by atoms with Gasteiger partial charge in [0, 0.05) is 25.5 Å². The lowest BCUT2D eigenvalue weighted by molar-refractivity contribution is -0.137. The van der Waals surface area contributed by atoms with Crippen LogP contribution >= 0.6 is 0 Å². The second-order valence-electron chi connectivity index (χ2n) is 6.91. The Bertz CT molecular complexity index is 1020. The number of hydrogen-bond donors (Lipinski definition) is 1. The Morgan fingerprint density at radius 3 is 2.19 bits per heavy atom. The van der Waals surface area contributed by atoms with Crippen molar-refractivity contribution in [2.45, 2.75) is 18.6 Å². The second kappa shape index (κ2) is 9.11. The molecule has 0 fully saturated rings. The number of carbonyl (C=O) groups excluding carboxylic acids is 1. The van der Waals surface area contributed by atoms with E-state index in [4.69, 9.17) is 9.47 Å². The van der Waals surface area contributed by atoms with E-state index in [9.17, 15) is 18.0 Å². The summed E-state index contributed by atoms with van der Waals surface area (Å²) in [6.45, 7) is 0. The predicted molar refractivity (Wildman–Crippen MR) is 108 cm³/mol. The summed E-state index contributed by atoms with van der Waals surface area (Å²) in [5, 5.41) is 2.92. The molecule has 0 spiro atoms. The van der Waals surface area contributed by atoms with Crippen LogP contribution in [0.25, 0.3) is 0 Å². The van der Waals surface area contributed by atoms with Gasteiger partial charge in [-0.2, -0.15) is 13.2 Å². The maximum absolute atomic E-state index is 12.8. The minimum Gasteiger partial charge on any atom is -0.497 e. The minimum absolute atomic E-state index is 0.0832. The van der Waals surface area contributed by atoms with Crippen molar-refractivity contribution in [1.82, 2.24) is 14.9 Å². The maximum atomic E-state index is 12.8. The van der Waals surface area contributed by atoms with Crippen LogP contribution in [0.5, 0.6) is 11.5 Å². The van der Waals surface area contributed by atoms with Crippen LogP contribution in [0, 0.1) is 0 Å². The van der Waals surface area contributed by atoms with Gasteiger partial charge in [0.25, 0.3) is 0 Å². The summed E-state index contributed by atoms with van der Waals surface area (Å²) in [6.07, 6.45) is -1.14. The minimum atomic E-state index is -4.42. The average Bonchev–Trinajstić information content (AvgIpc) is 3.16. The maximum Gasteiger partial charge on any atom is 0.416 e. The van der Waals surface area contributed by atoms with Gasteiger partial charge in [0.1, 0.15) is 23.4 Å². The molecular weight excluding hydrogens is 411 g/mol. The number of methoxy groups -OCH3 is 2.